The molecule has 6 rings (SSSR count). The number of aryl methyl sites for hydroxylation is 2. The third kappa shape index (κ3) is 3.49. The molecule has 1 N–H and O–H groups in total. The van der Waals surface area contributed by atoms with Crippen molar-refractivity contribution in [3.05, 3.63) is 84.1 Å². The van der Waals surface area contributed by atoms with Crippen LogP contribution < -0.4 is 5.32 Å². The molecule has 2 amide bonds. The fraction of sp³-hybridized carbons (Fsp3) is 0.240. The fourth-order valence-electron chi connectivity index (χ4n) is 5.10. The largest absolute Gasteiger partial charge is 0.370 e. The highest BCUT2D eigenvalue weighted by Crippen LogP contribution is 2.42. The van der Waals surface area contributed by atoms with Crippen molar-refractivity contribution < 1.29 is 14.0 Å². The van der Waals surface area contributed by atoms with E-state index < -0.39 is 11.8 Å². The van der Waals surface area contributed by atoms with E-state index in [9.17, 15) is 14.0 Å². The highest BCUT2D eigenvalue weighted by Gasteiger charge is 2.43. The lowest BCUT2D eigenvalue weighted by molar-refractivity contribution is -0.123. The Hall–Kier alpha value is -4.34. The third-order valence-electron chi connectivity index (χ3n) is 6.65. The first-order chi connectivity index (χ1) is 17.0. The van der Waals surface area contributed by atoms with Crippen LogP contribution >= 0.6 is 0 Å². The van der Waals surface area contributed by atoms with E-state index >= 15 is 0 Å². The number of nitrogens with zero attached hydrogens (tertiary/aromatic N) is 6. The van der Waals surface area contributed by atoms with E-state index in [4.69, 9.17) is 0 Å². The van der Waals surface area contributed by atoms with Gasteiger partial charge in [0.05, 0.1) is 23.5 Å². The summed E-state index contributed by atoms with van der Waals surface area (Å²) in [6.07, 6.45) is 14.5. The molecule has 2 unspecified atom stereocenters. The van der Waals surface area contributed by atoms with Crippen LogP contribution in [0.25, 0.3) is 16.6 Å². The average molecular weight is 471 g/mol. The van der Waals surface area contributed by atoms with Crippen molar-refractivity contribution >= 4 is 28.4 Å². The van der Waals surface area contributed by atoms with Gasteiger partial charge in [0, 0.05) is 56.2 Å². The Kier molecular flexibility index (Phi) is 4.94. The van der Waals surface area contributed by atoms with Gasteiger partial charge in [0.15, 0.2) is 5.65 Å². The van der Waals surface area contributed by atoms with Crippen LogP contribution in [0.1, 0.15) is 12.1 Å². The lowest BCUT2D eigenvalue weighted by atomic mass is 9.85. The summed E-state index contributed by atoms with van der Waals surface area (Å²) >= 11 is 0. The number of halogens is 1. The van der Waals surface area contributed by atoms with Crippen molar-refractivity contribution in [2.24, 2.45) is 13.0 Å². The van der Waals surface area contributed by atoms with Crippen LogP contribution in [0.15, 0.2) is 78.5 Å². The molecule has 3 aromatic heterocycles. The molecule has 0 bridgehead atoms. The minimum atomic E-state index is -0.494. The Morgan fingerprint density at radius 3 is 2.83 bits per heavy atom. The number of fused-ring (bicyclic) bond motifs is 2. The zero-order valence-corrected chi connectivity index (χ0v) is 18.9. The molecule has 3 aliphatic rings. The second kappa shape index (κ2) is 8.15. The molecule has 0 saturated carbocycles. The maximum Gasteiger partial charge on any atom is 0.261 e. The Labute approximate surface area is 199 Å². The number of carbonyl (C=O) groups is 2. The summed E-state index contributed by atoms with van der Waals surface area (Å²) in [6, 6.07) is 3.32. The summed E-state index contributed by atoms with van der Waals surface area (Å²) in [7, 11) is 1.75. The van der Waals surface area contributed by atoms with E-state index in [1.54, 1.807) is 48.7 Å². The van der Waals surface area contributed by atoms with Crippen molar-refractivity contribution in [2.45, 2.75) is 19.0 Å². The van der Waals surface area contributed by atoms with E-state index in [0.29, 0.717) is 28.8 Å². The number of imidazole rings is 1. The zero-order chi connectivity index (χ0) is 24.1. The van der Waals surface area contributed by atoms with Gasteiger partial charge in [-0.2, -0.15) is 5.10 Å². The Morgan fingerprint density at radius 2 is 2.00 bits per heavy atom. The summed E-state index contributed by atoms with van der Waals surface area (Å²) < 4.78 is 17.8. The quantitative estimate of drug-likeness (QED) is 0.554. The molecular formula is C25H22FN7O2. The van der Waals surface area contributed by atoms with Crippen molar-refractivity contribution in [2.75, 3.05) is 6.54 Å². The Bertz CT molecular complexity index is 1480. The predicted molar refractivity (Wildman–Crippen MR) is 126 cm³/mol. The van der Waals surface area contributed by atoms with Crippen molar-refractivity contribution in [1.82, 2.24) is 34.5 Å². The number of nitrogens with one attached hydrogen (secondary N) is 1. The zero-order valence-electron chi connectivity index (χ0n) is 18.9. The molecule has 2 atom stereocenters. The Morgan fingerprint density at radius 1 is 1.14 bits per heavy atom. The topological polar surface area (TPSA) is 97.9 Å². The van der Waals surface area contributed by atoms with Crippen molar-refractivity contribution in [3.63, 3.8) is 0 Å². The third-order valence-corrected chi connectivity index (χ3v) is 6.65. The highest BCUT2D eigenvalue weighted by atomic mass is 19.1. The van der Waals surface area contributed by atoms with Crippen LogP contribution in [0.2, 0.25) is 0 Å². The number of amides is 2. The second-order valence-electron chi connectivity index (χ2n) is 8.78. The lowest BCUT2D eigenvalue weighted by Gasteiger charge is -2.28. The number of rotatable bonds is 6. The maximum absolute atomic E-state index is 14.2. The van der Waals surface area contributed by atoms with Crippen molar-refractivity contribution in [3.8, 4) is 0 Å². The molecular weight excluding hydrogens is 449 g/mol. The van der Waals surface area contributed by atoms with Gasteiger partial charge in [0.1, 0.15) is 11.5 Å². The number of aromatic nitrogens is 5. The van der Waals surface area contributed by atoms with Gasteiger partial charge in [-0.05, 0) is 36.3 Å². The minimum absolute atomic E-state index is 0.224. The minimum Gasteiger partial charge on any atom is -0.370 e. The van der Waals surface area contributed by atoms with Crippen LogP contribution in [0.3, 0.4) is 0 Å². The first-order valence-electron chi connectivity index (χ1n) is 11.4. The van der Waals surface area contributed by atoms with E-state index in [0.717, 1.165) is 13.0 Å². The van der Waals surface area contributed by atoms with E-state index in [1.165, 1.54) is 6.08 Å². The van der Waals surface area contributed by atoms with Gasteiger partial charge in [-0.3, -0.25) is 14.9 Å². The van der Waals surface area contributed by atoms with E-state index in [2.05, 4.69) is 20.4 Å². The van der Waals surface area contributed by atoms with Gasteiger partial charge in [0.2, 0.25) is 0 Å². The molecule has 0 saturated heterocycles. The maximum atomic E-state index is 14.2. The summed E-state index contributed by atoms with van der Waals surface area (Å²) in [5, 5.41) is 7.66. The molecule has 9 nitrogen and oxygen atoms in total. The van der Waals surface area contributed by atoms with Gasteiger partial charge in [-0.1, -0.05) is 6.08 Å². The highest BCUT2D eigenvalue weighted by molar-refractivity contribution is 6.38. The normalized spacial score (nSPS) is 21.6. The number of allylic oxidation sites excluding steroid dienone is 2. The van der Waals surface area contributed by atoms with Gasteiger partial charge in [-0.15, -0.1) is 0 Å². The monoisotopic (exact) mass is 471 g/mol. The van der Waals surface area contributed by atoms with Gasteiger partial charge in [0.25, 0.3) is 11.8 Å². The number of carbonyl (C=O) groups excluding carboxylic acids is 2. The van der Waals surface area contributed by atoms with Crippen LogP contribution in [0, 0.1) is 5.92 Å². The van der Waals surface area contributed by atoms with E-state index in [1.807, 2.05) is 27.9 Å². The summed E-state index contributed by atoms with van der Waals surface area (Å²) in [5.74, 6) is -1.55. The summed E-state index contributed by atoms with van der Waals surface area (Å²) in [6.45, 7) is 1.41. The molecule has 0 aromatic carbocycles. The average Bonchev–Trinajstić information content (AvgIpc) is 3.61. The molecule has 0 spiro atoms. The molecule has 0 fully saturated rings. The number of hydrogen-bond donors (Lipinski definition) is 1. The van der Waals surface area contributed by atoms with Gasteiger partial charge in [-0.25, -0.2) is 19.0 Å². The molecule has 0 radical (unpaired) electrons. The van der Waals surface area contributed by atoms with Crippen LogP contribution in [0.4, 0.5) is 4.39 Å². The van der Waals surface area contributed by atoms with Crippen LogP contribution in [-0.4, -0.2) is 53.6 Å². The molecule has 10 heteroatoms. The smallest absolute Gasteiger partial charge is 0.261 e. The first kappa shape index (κ1) is 21.2. The van der Waals surface area contributed by atoms with E-state index in [-0.39, 0.29) is 28.9 Å². The molecule has 5 heterocycles. The summed E-state index contributed by atoms with van der Waals surface area (Å²) in [5.41, 5.74) is 2.21. The van der Waals surface area contributed by atoms with Gasteiger partial charge >= 0.3 is 0 Å². The lowest BCUT2D eigenvalue weighted by Crippen LogP contribution is -2.32. The molecule has 176 valence electrons. The number of hydrogen-bond acceptors (Lipinski definition) is 6. The molecule has 3 aromatic rings. The first-order valence-corrected chi connectivity index (χ1v) is 11.4. The molecule has 2 aliphatic heterocycles. The van der Waals surface area contributed by atoms with Gasteiger partial charge < -0.3 is 9.47 Å². The standard InChI is InChI=1S/C25H22FN7O2/c1-31-23-17(4-2-7-28-23)22(30-31)21-20(24(34)29-25(21)35)18-13-33(10-3-9-32-11-8-27-14-32)19-12-15(26)5-6-16(18)19/h2,4-8,11-14,16,19H,3,9-10H2,1H3,(H,29,34,35). The van der Waals surface area contributed by atoms with Crippen LogP contribution in [-0.2, 0) is 23.2 Å². The number of imide groups is 1. The number of pyridine rings is 1. The molecule has 35 heavy (non-hydrogen) atoms. The SMILES string of the molecule is Cn1nc(C2=C(C3=CN(CCCn4ccnc4)C4C=C(F)C=CC34)C(=O)NC2=O)c2cccnc21. The fourth-order valence-corrected chi connectivity index (χ4v) is 5.10. The van der Waals surface area contributed by atoms with Crippen LogP contribution in [0.5, 0.6) is 0 Å². The molecule has 1 aliphatic carbocycles. The Balaban J connectivity index is 1.42. The second-order valence-corrected chi connectivity index (χ2v) is 8.78. The predicted octanol–water partition coefficient (Wildman–Crippen LogP) is 2.27. The van der Waals surface area contributed by atoms with Crippen molar-refractivity contribution in [1.29, 1.82) is 0 Å². The summed E-state index contributed by atoms with van der Waals surface area (Å²) in [4.78, 5) is 36.5.